The molecule has 1 N–H and O–H groups in total. The van der Waals surface area contributed by atoms with Gasteiger partial charge in [-0.2, -0.15) is 9.97 Å². The SMILES string of the molecule is ClC(Cl)(Cl)c1nc(NCCCCN2CCCC2)nc(C(Cl)(Cl)Cl)n1. The van der Waals surface area contributed by atoms with Crippen molar-refractivity contribution in [2.75, 3.05) is 31.5 Å². The molecule has 1 aromatic rings. The number of aromatic nitrogens is 3. The molecule has 0 radical (unpaired) electrons. The molecular formula is C13H17Cl6N5. The van der Waals surface area contributed by atoms with E-state index < -0.39 is 7.59 Å². The molecule has 1 saturated heterocycles. The quantitative estimate of drug-likeness (QED) is 0.492. The molecule has 0 spiro atoms. The first-order valence-electron chi connectivity index (χ1n) is 7.53. The van der Waals surface area contributed by atoms with Gasteiger partial charge in [0.25, 0.3) is 0 Å². The lowest BCUT2D eigenvalue weighted by atomic mass is 10.3. The number of unbranched alkanes of at least 4 members (excludes halogenated alkanes) is 1. The first-order valence-corrected chi connectivity index (χ1v) is 9.80. The number of likely N-dealkylation sites (tertiary alicyclic amines) is 1. The number of hydrogen-bond donors (Lipinski definition) is 1. The third kappa shape index (κ3) is 6.67. The minimum atomic E-state index is -1.83. The van der Waals surface area contributed by atoms with Gasteiger partial charge in [-0.25, -0.2) is 4.98 Å². The molecular weight excluding hydrogens is 439 g/mol. The summed E-state index contributed by atoms with van der Waals surface area (Å²) in [5.41, 5.74) is 0. The van der Waals surface area contributed by atoms with E-state index in [1.807, 2.05) is 0 Å². The summed E-state index contributed by atoms with van der Waals surface area (Å²) in [5.74, 6) is 0.0283. The smallest absolute Gasteiger partial charge is 0.250 e. The summed E-state index contributed by atoms with van der Waals surface area (Å²) in [6, 6.07) is 0. The van der Waals surface area contributed by atoms with Crippen molar-refractivity contribution < 1.29 is 0 Å². The molecule has 11 heteroatoms. The fourth-order valence-electron chi connectivity index (χ4n) is 2.38. The van der Waals surface area contributed by atoms with Crippen molar-refractivity contribution in [1.29, 1.82) is 0 Å². The molecule has 0 aliphatic carbocycles. The molecule has 0 saturated carbocycles. The number of nitrogens with one attached hydrogen (secondary N) is 1. The number of hydrogen-bond acceptors (Lipinski definition) is 5. The Kier molecular flexibility index (Phi) is 7.75. The Bertz CT molecular complexity index is 506. The molecule has 0 aromatic carbocycles. The Morgan fingerprint density at radius 2 is 1.38 bits per heavy atom. The third-order valence-electron chi connectivity index (χ3n) is 3.53. The summed E-state index contributed by atoms with van der Waals surface area (Å²) in [5, 5.41) is 3.06. The number of rotatable bonds is 6. The van der Waals surface area contributed by atoms with E-state index in [2.05, 4.69) is 25.2 Å². The van der Waals surface area contributed by atoms with Gasteiger partial charge in [0.1, 0.15) is 0 Å². The minimum Gasteiger partial charge on any atom is -0.354 e. The van der Waals surface area contributed by atoms with Gasteiger partial charge in [0.05, 0.1) is 0 Å². The van der Waals surface area contributed by atoms with Crippen molar-refractivity contribution in [3.05, 3.63) is 11.6 Å². The Balaban J connectivity index is 1.93. The molecule has 5 nitrogen and oxygen atoms in total. The molecule has 1 aliphatic heterocycles. The zero-order valence-electron chi connectivity index (χ0n) is 12.7. The molecule has 1 aromatic heterocycles. The average molecular weight is 456 g/mol. The summed E-state index contributed by atoms with van der Waals surface area (Å²) >= 11 is 34.9. The normalized spacial score (nSPS) is 16.6. The van der Waals surface area contributed by atoms with Gasteiger partial charge in [0, 0.05) is 6.54 Å². The molecule has 0 bridgehead atoms. The molecule has 24 heavy (non-hydrogen) atoms. The largest absolute Gasteiger partial charge is 0.354 e. The average Bonchev–Trinajstić information content (AvgIpc) is 2.98. The van der Waals surface area contributed by atoms with E-state index in [0.29, 0.717) is 6.54 Å². The summed E-state index contributed by atoms with van der Waals surface area (Å²) < 4.78 is -3.67. The molecule has 0 atom stereocenters. The van der Waals surface area contributed by atoms with E-state index in [1.165, 1.54) is 25.9 Å². The van der Waals surface area contributed by atoms with Crippen LogP contribution in [0.15, 0.2) is 0 Å². The zero-order valence-corrected chi connectivity index (χ0v) is 17.2. The van der Waals surface area contributed by atoms with E-state index in [4.69, 9.17) is 69.6 Å². The number of halogens is 6. The van der Waals surface area contributed by atoms with Gasteiger partial charge in [0.2, 0.25) is 13.5 Å². The fraction of sp³-hybridized carbons (Fsp3) is 0.769. The predicted molar refractivity (Wildman–Crippen MR) is 102 cm³/mol. The number of alkyl halides is 6. The van der Waals surface area contributed by atoms with Crippen molar-refractivity contribution >= 4 is 75.6 Å². The summed E-state index contributed by atoms with van der Waals surface area (Å²) in [4.78, 5) is 14.5. The van der Waals surface area contributed by atoms with Gasteiger partial charge in [-0.05, 0) is 45.3 Å². The fourth-order valence-corrected chi connectivity index (χ4v) is 2.88. The van der Waals surface area contributed by atoms with Gasteiger partial charge in [-0.15, -0.1) is 0 Å². The van der Waals surface area contributed by atoms with Crippen LogP contribution in [0.25, 0.3) is 0 Å². The Morgan fingerprint density at radius 1 is 0.833 bits per heavy atom. The van der Waals surface area contributed by atoms with Crippen LogP contribution in [0, 0.1) is 0 Å². The summed E-state index contributed by atoms with van der Waals surface area (Å²) in [6.07, 6.45) is 4.62. The Labute approximate surface area is 171 Å². The Morgan fingerprint density at radius 3 is 1.88 bits per heavy atom. The van der Waals surface area contributed by atoms with Crippen LogP contribution in [0.4, 0.5) is 5.95 Å². The lowest BCUT2D eigenvalue weighted by Crippen LogP contribution is -2.21. The molecule has 0 unspecified atom stereocenters. The molecule has 2 rings (SSSR count). The van der Waals surface area contributed by atoms with Crippen molar-refractivity contribution in [2.45, 2.75) is 33.3 Å². The lowest BCUT2D eigenvalue weighted by Gasteiger charge is -2.16. The third-order valence-corrected chi connectivity index (χ3v) is 4.54. The first kappa shape index (κ1) is 20.8. The van der Waals surface area contributed by atoms with Crippen LogP contribution in [0.3, 0.4) is 0 Å². The first-order chi connectivity index (χ1) is 11.2. The maximum atomic E-state index is 5.82. The standard InChI is InChI=1S/C13H17Cl6N5/c14-12(15,16)9-21-10(13(17,18)19)23-11(22-9)20-5-1-2-6-24-7-3-4-8-24/h1-8H2,(H,20,21,22,23). The van der Waals surface area contributed by atoms with Crippen molar-refractivity contribution in [2.24, 2.45) is 0 Å². The van der Waals surface area contributed by atoms with Crippen LogP contribution in [-0.2, 0) is 7.59 Å². The van der Waals surface area contributed by atoms with Gasteiger partial charge < -0.3 is 10.2 Å². The Hall–Kier alpha value is 0.510. The second kappa shape index (κ2) is 8.94. The van der Waals surface area contributed by atoms with Crippen LogP contribution < -0.4 is 5.32 Å². The van der Waals surface area contributed by atoms with E-state index in [9.17, 15) is 0 Å². The summed E-state index contributed by atoms with van der Waals surface area (Å²) in [7, 11) is 0. The second-order valence-electron chi connectivity index (χ2n) is 5.48. The highest BCUT2D eigenvalue weighted by Gasteiger charge is 2.33. The maximum absolute atomic E-state index is 5.82. The van der Waals surface area contributed by atoms with Crippen LogP contribution in [-0.4, -0.2) is 46.0 Å². The van der Waals surface area contributed by atoms with Gasteiger partial charge >= 0.3 is 0 Å². The van der Waals surface area contributed by atoms with Gasteiger partial charge in [-0.1, -0.05) is 69.6 Å². The van der Waals surface area contributed by atoms with E-state index in [0.717, 1.165) is 19.4 Å². The zero-order chi connectivity index (χ0) is 17.8. The monoisotopic (exact) mass is 453 g/mol. The molecule has 136 valence electrons. The van der Waals surface area contributed by atoms with Gasteiger partial charge in [-0.3, -0.25) is 0 Å². The highest BCUT2D eigenvalue weighted by molar-refractivity contribution is 6.67. The van der Waals surface area contributed by atoms with Crippen LogP contribution in [0.5, 0.6) is 0 Å². The number of nitrogens with zero attached hydrogens (tertiary/aromatic N) is 4. The highest BCUT2D eigenvalue weighted by Crippen LogP contribution is 2.40. The minimum absolute atomic E-state index is 0.0941. The summed E-state index contributed by atoms with van der Waals surface area (Å²) in [6.45, 7) is 4.15. The topological polar surface area (TPSA) is 53.9 Å². The second-order valence-corrected chi connectivity index (χ2v) is 10.0. The predicted octanol–water partition coefficient (Wildman–Crippen LogP) is 4.81. The lowest BCUT2D eigenvalue weighted by molar-refractivity contribution is 0.331. The van der Waals surface area contributed by atoms with E-state index >= 15 is 0 Å². The molecule has 1 fully saturated rings. The van der Waals surface area contributed by atoms with Crippen LogP contribution in [0.1, 0.15) is 37.3 Å². The number of anilines is 1. The van der Waals surface area contributed by atoms with E-state index in [1.54, 1.807) is 0 Å². The van der Waals surface area contributed by atoms with Crippen LogP contribution >= 0.6 is 69.6 Å². The van der Waals surface area contributed by atoms with Gasteiger partial charge in [0.15, 0.2) is 11.6 Å². The van der Waals surface area contributed by atoms with Crippen molar-refractivity contribution in [1.82, 2.24) is 19.9 Å². The highest BCUT2D eigenvalue weighted by atomic mass is 35.6. The maximum Gasteiger partial charge on any atom is 0.250 e. The molecule has 1 aliphatic rings. The van der Waals surface area contributed by atoms with E-state index in [-0.39, 0.29) is 17.6 Å². The molecule has 0 amide bonds. The molecule has 2 heterocycles. The van der Waals surface area contributed by atoms with Crippen molar-refractivity contribution in [3.63, 3.8) is 0 Å². The van der Waals surface area contributed by atoms with Crippen LogP contribution in [0.2, 0.25) is 0 Å². The van der Waals surface area contributed by atoms with Crippen molar-refractivity contribution in [3.8, 4) is 0 Å².